The van der Waals surface area contributed by atoms with Gasteiger partial charge >= 0.3 is 0 Å². The molecule has 1 heteroatoms. The molecule has 0 aromatic rings. The molecule has 1 N–H and O–H groups in total. The number of hydrogen-bond acceptors (Lipinski definition) is 1. The summed E-state index contributed by atoms with van der Waals surface area (Å²) in [5.41, 5.74) is 0. The summed E-state index contributed by atoms with van der Waals surface area (Å²) in [7, 11) is 0. The van der Waals surface area contributed by atoms with Gasteiger partial charge in [-0.05, 0) is 30.6 Å². The van der Waals surface area contributed by atoms with Gasteiger partial charge in [0.2, 0.25) is 0 Å². The van der Waals surface area contributed by atoms with Crippen LogP contribution in [0.5, 0.6) is 0 Å². The van der Waals surface area contributed by atoms with Crippen molar-refractivity contribution in [1.82, 2.24) is 0 Å². The summed E-state index contributed by atoms with van der Waals surface area (Å²) in [4.78, 5) is 0. The first-order chi connectivity index (χ1) is 6.79. The third kappa shape index (κ3) is 2.13. The van der Waals surface area contributed by atoms with Gasteiger partial charge in [0, 0.05) is 0 Å². The predicted molar refractivity (Wildman–Crippen MR) is 59.1 cm³/mol. The highest BCUT2D eigenvalue weighted by atomic mass is 16.3. The Bertz CT molecular complexity index is 166. The highest BCUT2D eigenvalue weighted by molar-refractivity contribution is 4.84. The van der Waals surface area contributed by atoms with Crippen molar-refractivity contribution >= 4 is 0 Å². The Kier molecular flexibility index (Phi) is 3.48. The standard InChI is InChI=1S/C13H24O/c1-10(11-8-5-9-11)13(14)12-6-3-2-4-7-12/h10-14H,2-9H2,1H3. The van der Waals surface area contributed by atoms with E-state index in [1.54, 1.807) is 0 Å². The highest BCUT2D eigenvalue weighted by Crippen LogP contribution is 2.39. The molecule has 0 saturated heterocycles. The topological polar surface area (TPSA) is 20.2 Å². The van der Waals surface area contributed by atoms with Crippen LogP contribution in [0.2, 0.25) is 0 Å². The molecule has 2 aliphatic carbocycles. The van der Waals surface area contributed by atoms with Gasteiger partial charge in [0.1, 0.15) is 0 Å². The maximum absolute atomic E-state index is 10.3. The largest absolute Gasteiger partial charge is 0.393 e. The Morgan fingerprint density at radius 2 is 1.43 bits per heavy atom. The van der Waals surface area contributed by atoms with E-state index in [2.05, 4.69) is 6.92 Å². The maximum atomic E-state index is 10.3. The molecule has 0 heterocycles. The average Bonchev–Trinajstić information content (AvgIpc) is 2.15. The van der Waals surface area contributed by atoms with Gasteiger partial charge in [0.05, 0.1) is 6.10 Å². The summed E-state index contributed by atoms with van der Waals surface area (Å²) in [5.74, 6) is 2.03. The monoisotopic (exact) mass is 196 g/mol. The number of rotatable bonds is 3. The van der Waals surface area contributed by atoms with Gasteiger partial charge in [-0.3, -0.25) is 0 Å². The van der Waals surface area contributed by atoms with E-state index < -0.39 is 0 Å². The zero-order valence-electron chi connectivity index (χ0n) is 9.41. The van der Waals surface area contributed by atoms with Crippen LogP contribution in [0.15, 0.2) is 0 Å². The van der Waals surface area contributed by atoms with Crippen LogP contribution >= 0.6 is 0 Å². The fourth-order valence-electron chi connectivity index (χ4n) is 3.15. The fraction of sp³-hybridized carbons (Fsp3) is 1.00. The second-order valence-electron chi connectivity index (χ2n) is 5.44. The fourth-order valence-corrected chi connectivity index (χ4v) is 3.15. The first kappa shape index (κ1) is 10.5. The minimum absolute atomic E-state index is 0.000556. The van der Waals surface area contributed by atoms with Crippen LogP contribution in [-0.2, 0) is 0 Å². The van der Waals surface area contributed by atoms with Crippen LogP contribution in [0.25, 0.3) is 0 Å². The predicted octanol–water partition coefficient (Wildman–Crippen LogP) is 3.36. The Balaban J connectivity index is 1.82. The number of aliphatic hydroxyl groups excluding tert-OH is 1. The summed E-state index contributed by atoms with van der Waals surface area (Å²) >= 11 is 0. The van der Waals surface area contributed by atoms with Gasteiger partial charge in [-0.2, -0.15) is 0 Å². The van der Waals surface area contributed by atoms with Crippen molar-refractivity contribution < 1.29 is 5.11 Å². The summed E-state index contributed by atoms with van der Waals surface area (Å²) in [6.45, 7) is 2.27. The quantitative estimate of drug-likeness (QED) is 0.734. The minimum Gasteiger partial charge on any atom is -0.393 e. The average molecular weight is 196 g/mol. The van der Waals surface area contributed by atoms with E-state index in [1.807, 2.05) is 0 Å². The summed E-state index contributed by atoms with van der Waals surface area (Å²) in [5, 5.41) is 10.3. The van der Waals surface area contributed by atoms with Gasteiger partial charge in [-0.15, -0.1) is 0 Å². The smallest absolute Gasteiger partial charge is 0.0596 e. The van der Waals surface area contributed by atoms with Gasteiger partial charge in [-0.1, -0.05) is 45.4 Å². The van der Waals surface area contributed by atoms with Crippen molar-refractivity contribution in [2.24, 2.45) is 17.8 Å². The molecule has 0 spiro atoms. The van der Waals surface area contributed by atoms with Gasteiger partial charge in [-0.25, -0.2) is 0 Å². The molecule has 2 rings (SSSR count). The van der Waals surface area contributed by atoms with E-state index in [-0.39, 0.29) is 6.10 Å². The number of aliphatic hydroxyl groups is 1. The third-order valence-electron chi connectivity index (χ3n) is 4.56. The Labute approximate surface area is 87.9 Å². The molecule has 0 aliphatic heterocycles. The van der Waals surface area contributed by atoms with Crippen molar-refractivity contribution in [3.8, 4) is 0 Å². The molecule has 1 nitrogen and oxygen atoms in total. The molecule has 0 aromatic heterocycles. The molecule has 2 atom stereocenters. The van der Waals surface area contributed by atoms with E-state index in [1.165, 1.54) is 51.4 Å². The lowest BCUT2D eigenvalue weighted by molar-refractivity contribution is -0.000806. The zero-order chi connectivity index (χ0) is 9.97. The SMILES string of the molecule is CC(C1CCC1)C(O)C1CCCCC1. The van der Waals surface area contributed by atoms with Crippen LogP contribution in [0.3, 0.4) is 0 Å². The van der Waals surface area contributed by atoms with Crippen molar-refractivity contribution in [3.63, 3.8) is 0 Å². The van der Waals surface area contributed by atoms with E-state index in [9.17, 15) is 5.11 Å². The minimum atomic E-state index is 0.000556. The second-order valence-corrected chi connectivity index (χ2v) is 5.44. The van der Waals surface area contributed by atoms with Crippen molar-refractivity contribution in [1.29, 1.82) is 0 Å². The van der Waals surface area contributed by atoms with Crippen molar-refractivity contribution in [2.75, 3.05) is 0 Å². The molecule has 0 bridgehead atoms. The van der Waals surface area contributed by atoms with Crippen LogP contribution in [0.1, 0.15) is 58.3 Å². The lowest BCUT2D eigenvalue weighted by Crippen LogP contribution is -2.35. The van der Waals surface area contributed by atoms with E-state index in [0.717, 1.165) is 5.92 Å². The highest BCUT2D eigenvalue weighted by Gasteiger charge is 2.33. The maximum Gasteiger partial charge on any atom is 0.0596 e. The molecule has 2 fully saturated rings. The summed E-state index contributed by atoms with van der Waals surface area (Å²) < 4.78 is 0. The lowest BCUT2D eigenvalue weighted by atomic mass is 9.70. The van der Waals surface area contributed by atoms with Gasteiger partial charge in [0.15, 0.2) is 0 Å². The molecule has 2 unspecified atom stereocenters. The van der Waals surface area contributed by atoms with Crippen LogP contribution in [-0.4, -0.2) is 11.2 Å². The lowest BCUT2D eigenvalue weighted by Gasteiger charge is -2.38. The normalized spacial score (nSPS) is 29.6. The van der Waals surface area contributed by atoms with Crippen molar-refractivity contribution in [2.45, 2.75) is 64.4 Å². The molecule has 2 saturated carbocycles. The molecular formula is C13H24O. The molecular weight excluding hydrogens is 172 g/mol. The Hall–Kier alpha value is -0.0400. The molecule has 2 aliphatic rings. The number of hydrogen-bond donors (Lipinski definition) is 1. The van der Waals surface area contributed by atoms with Crippen LogP contribution < -0.4 is 0 Å². The van der Waals surface area contributed by atoms with Gasteiger partial charge < -0.3 is 5.11 Å². The first-order valence-corrected chi connectivity index (χ1v) is 6.47. The molecule has 0 aromatic carbocycles. The summed E-state index contributed by atoms with van der Waals surface area (Å²) in [6.07, 6.45) is 10.8. The Morgan fingerprint density at radius 3 is 1.93 bits per heavy atom. The Morgan fingerprint density at radius 1 is 0.857 bits per heavy atom. The van der Waals surface area contributed by atoms with E-state index >= 15 is 0 Å². The third-order valence-corrected chi connectivity index (χ3v) is 4.56. The molecule has 14 heavy (non-hydrogen) atoms. The molecule has 82 valence electrons. The second kappa shape index (κ2) is 4.65. The van der Waals surface area contributed by atoms with E-state index in [4.69, 9.17) is 0 Å². The van der Waals surface area contributed by atoms with Crippen molar-refractivity contribution in [3.05, 3.63) is 0 Å². The van der Waals surface area contributed by atoms with Crippen LogP contribution in [0, 0.1) is 17.8 Å². The summed E-state index contributed by atoms with van der Waals surface area (Å²) in [6, 6.07) is 0. The van der Waals surface area contributed by atoms with Gasteiger partial charge in [0.25, 0.3) is 0 Å². The first-order valence-electron chi connectivity index (χ1n) is 6.47. The molecule has 0 amide bonds. The van der Waals surface area contributed by atoms with Crippen LogP contribution in [0.4, 0.5) is 0 Å². The zero-order valence-corrected chi connectivity index (χ0v) is 9.41. The molecule has 0 radical (unpaired) electrons. The van der Waals surface area contributed by atoms with E-state index in [0.29, 0.717) is 11.8 Å².